The van der Waals surface area contributed by atoms with E-state index >= 15 is 0 Å². The summed E-state index contributed by atoms with van der Waals surface area (Å²) in [6, 6.07) is 11.9. The van der Waals surface area contributed by atoms with Crippen LogP contribution < -0.4 is 0 Å². The number of aromatic hydroxyl groups is 1. The summed E-state index contributed by atoms with van der Waals surface area (Å²) in [5.41, 5.74) is 1.68. The van der Waals surface area contributed by atoms with Crippen molar-refractivity contribution in [3.63, 3.8) is 0 Å². The lowest BCUT2D eigenvalue weighted by Crippen LogP contribution is -2.46. The molecule has 0 spiro atoms. The van der Waals surface area contributed by atoms with Crippen LogP contribution >= 0.6 is 0 Å². The molecule has 206 valence electrons. The van der Waals surface area contributed by atoms with Crippen LogP contribution in [0.15, 0.2) is 42.5 Å². The Hall–Kier alpha value is -4.52. The number of carbonyl (C=O) groups excluding carboxylic acids is 4. The molecular weight excluding hydrogens is 516 g/mol. The molecule has 41 heavy (non-hydrogen) atoms. The molecule has 0 saturated carbocycles. The minimum absolute atomic E-state index is 0.0726. The summed E-state index contributed by atoms with van der Waals surface area (Å²) in [7, 11) is 0. The van der Waals surface area contributed by atoms with Gasteiger partial charge in [-0.3, -0.25) is 29.0 Å². The highest BCUT2D eigenvalue weighted by Gasteiger charge is 2.40. The SMILES string of the molecule is CCC(CC)N1C(=O)c2ccc3c4ccc5c6c(cc(O)c(c7ccc(c2c37)C1=O)c64)C(=O)N(C(CC)CC)C5=O. The van der Waals surface area contributed by atoms with Gasteiger partial charge in [-0.15, -0.1) is 0 Å². The largest absolute Gasteiger partial charge is 0.507 e. The van der Waals surface area contributed by atoms with Crippen molar-refractivity contribution in [3.8, 4) is 5.75 Å². The van der Waals surface area contributed by atoms with Crippen LogP contribution in [-0.4, -0.2) is 50.6 Å². The van der Waals surface area contributed by atoms with Crippen molar-refractivity contribution in [1.29, 1.82) is 0 Å². The number of nitrogens with zero attached hydrogens (tertiary/aromatic N) is 2. The van der Waals surface area contributed by atoms with E-state index in [0.717, 1.165) is 16.2 Å². The molecular formula is C34H30N2O5. The van der Waals surface area contributed by atoms with Crippen LogP contribution in [0.25, 0.3) is 43.1 Å². The number of carbonyl (C=O) groups is 4. The summed E-state index contributed by atoms with van der Waals surface area (Å²) in [4.78, 5) is 57.7. The molecule has 0 unspecified atom stereocenters. The Bertz CT molecular complexity index is 1980. The molecule has 1 N–H and O–H groups in total. The standard InChI is InChI=1S/C34H30N2O5/c1-5-16(6-2)35-31(38)21-12-9-18-19-10-13-23-28-24(34(41)36(33(23)40)17(7-3)8-4)15-25(37)29(30(19)28)20-11-14-22(32(35)39)27(21)26(18)20/h9-17,37H,5-8H2,1-4H3. The third-order valence-corrected chi connectivity index (χ3v) is 9.39. The molecule has 5 aromatic rings. The molecule has 0 radical (unpaired) electrons. The molecule has 0 saturated heterocycles. The first-order chi connectivity index (χ1) is 19.8. The molecule has 0 fully saturated rings. The molecule has 0 aliphatic carbocycles. The maximum atomic E-state index is 13.7. The molecule has 2 heterocycles. The zero-order chi connectivity index (χ0) is 28.9. The Morgan fingerprint density at radius 2 is 0.902 bits per heavy atom. The third kappa shape index (κ3) is 3.03. The molecule has 5 aromatic carbocycles. The van der Waals surface area contributed by atoms with Crippen molar-refractivity contribution >= 4 is 66.7 Å². The van der Waals surface area contributed by atoms with Gasteiger partial charge in [0.1, 0.15) is 5.75 Å². The van der Waals surface area contributed by atoms with Crippen molar-refractivity contribution in [2.45, 2.75) is 65.5 Å². The predicted octanol–water partition coefficient (Wildman–Crippen LogP) is 7.01. The first kappa shape index (κ1) is 25.4. The van der Waals surface area contributed by atoms with Crippen molar-refractivity contribution in [1.82, 2.24) is 9.80 Å². The molecule has 7 nitrogen and oxygen atoms in total. The highest BCUT2D eigenvalue weighted by Crippen LogP contribution is 2.49. The molecule has 0 atom stereocenters. The Morgan fingerprint density at radius 3 is 1.37 bits per heavy atom. The highest BCUT2D eigenvalue weighted by molar-refractivity contribution is 6.42. The molecule has 7 rings (SSSR count). The summed E-state index contributed by atoms with van der Waals surface area (Å²) in [6.07, 6.45) is 2.62. The van der Waals surface area contributed by atoms with Gasteiger partial charge in [-0.25, -0.2) is 0 Å². The van der Waals surface area contributed by atoms with Gasteiger partial charge in [0.15, 0.2) is 0 Å². The number of phenols is 1. The lowest BCUT2D eigenvalue weighted by Gasteiger charge is -2.34. The fraction of sp³-hybridized carbons (Fsp3) is 0.294. The van der Waals surface area contributed by atoms with Crippen LogP contribution in [-0.2, 0) is 0 Å². The number of benzene rings is 5. The monoisotopic (exact) mass is 546 g/mol. The fourth-order valence-corrected chi connectivity index (χ4v) is 7.35. The topological polar surface area (TPSA) is 95.0 Å². The molecule has 2 aliphatic rings. The fourth-order valence-electron chi connectivity index (χ4n) is 7.35. The summed E-state index contributed by atoms with van der Waals surface area (Å²) in [6.45, 7) is 7.86. The van der Waals surface area contributed by atoms with Gasteiger partial charge < -0.3 is 5.11 Å². The number of hydrogen-bond acceptors (Lipinski definition) is 5. The smallest absolute Gasteiger partial charge is 0.261 e. The third-order valence-electron chi connectivity index (χ3n) is 9.39. The van der Waals surface area contributed by atoms with E-state index in [9.17, 15) is 24.3 Å². The Morgan fingerprint density at radius 1 is 0.512 bits per heavy atom. The van der Waals surface area contributed by atoms with E-state index in [4.69, 9.17) is 0 Å². The Kier molecular flexibility index (Phi) is 5.42. The first-order valence-electron chi connectivity index (χ1n) is 14.5. The van der Waals surface area contributed by atoms with Crippen LogP contribution in [0, 0.1) is 0 Å². The van der Waals surface area contributed by atoms with Crippen LogP contribution in [0.1, 0.15) is 94.8 Å². The average molecular weight is 547 g/mol. The lowest BCUT2D eigenvalue weighted by molar-refractivity contribution is 0.0514. The summed E-state index contributed by atoms with van der Waals surface area (Å²) in [5.74, 6) is -1.41. The van der Waals surface area contributed by atoms with Crippen LogP contribution in [0.3, 0.4) is 0 Å². The van der Waals surface area contributed by atoms with Gasteiger partial charge in [0.05, 0.1) is 5.56 Å². The average Bonchev–Trinajstić information content (AvgIpc) is 2.98. The zero-order valence-corrected chi connectivity index (χ0v) is 23.5. The molecule has 0 bridgehead atoms. The van der Waals surface area contributed by atoms with E-state index in [0.29, 0.717) is 74.9 Å². The van der Waals surface area contributed by atoms with Crippen LogP contribution in [0.2, 0.25) is 0 Å². The maximum Gasteiger partial charge on any atom is 0.261 e. The van der Waals surface area contributed by atoms with Gasteiger partial charge in [-0.1, -0.05) is 45.9 Å². The minimum atomic E-state index is -0.399. The van der Waals surface area contributed by atoms with Gasteiger partial charge >= 0.3 is 0 Å². The molecule has 4 amide bonds. The summed E-state index contributed by atoms with van der Waals surface area (Å²) in [5, 5.41) is 16.7. The Labute approximate surface area is 236 Å². The summed E-state index contributed by atoms with van der Waals surface area (Å²) >= 11 is 0. The number of phenolic OH excluding ortho intramolecular Hbond substituents is 1. The second-order valence-corrected chi connectivity index (χ2v) is 11.2. The number of rotatable bonds is 6. The second kappa shape index (κ2) is 8.74. The molecule has 2 aliphatic heterocycles. The highest BCUT2D eigenvalue weighted by atomic mass is 16.3. The molecule has 7 heteroatoms. The van der Waals surface area contributed by atoms with Gasteiger partial charge in [-0.2, -0.15) is 0 Å². The van der Waals surface area contributed by atoms with Crippen molar-refractivity contribution < 1.29 is 24.3 Å². The van der Waals surface area contributed by atoms with Crippen molar-refractivity contribution in [2.75, 3.05) is 0 Å². The van der Waals surface area contributed by atoms with Crippen LogP contribution in [0.5, 0.6) is 5.75 Å². The lowest BCUT2D eigenvalue weighted by atomic mass is 9.81. The number of fused-ring (bicyclic) bond motifs is 2. The summed E-state index contributed by atoms with van der Waals surface area (Å²) < 4.78 is 0. The minimum Gasteiger partial charge on any atom is -0.507 e. The normalized spacial score (nSPS) is 15.4. The number of amides is 4. The van der Waals surface area contributed by atoms with Gasteiger partial charge in [0.25, 0.3) is 23.6 Å². The predicted molar refractivity (Wildman–Crippen MR) is 159 cm³/mol. The van der Waals surface area contributed by atoms with E-state index < -0.39 is 5.91 Å². The molecule has 0 aromatic heterocycles. The van der Waals surface area contributed by atoms with E-state index in [1.165, 1.54) is 15.9 Å². The van der Waals surface area contributed by atoms with E-state index in [2.05, 4.69) is 0 Å². The second-order valence-electron chi connectivity index (χ2n) is 11.2. The van der Waals surface area contributed by atoms with Gasteiger partial charge in [0.2, 0.25) is 0 Å². The van der Waals surface area contributed by atoms with Gasteiger partial charge in [0, 0.05) is 50.3 Å². The first-order valence-corrected chi connectivity index (χ1v) is 14.5. The van der Waals surface area contributed by atoms with E-state index in [-0.39, 0.29) is 35.6 Å². The van der Waals surface area contributed by atoms with Crippen LogP contribution in [0.4, 0.5) is 0 Å². The Balaban J connectivity index is 1.59. The van der Waals surface area contributed by atoms with E-state index in [1.807, 2.05) is 45.9 Å². The van der Waals surface area contributed by atoms with Gasteiger partial charge in [-0.05, 0) is 71.5 Å². The maximum absolute atomic E-state index is 13.7. The zero-order valence-electron chi connectivity index (χ0n) is 23.5. The quantitative estimate of drug-likeness (QED) is 0.140. The number of imide groups is 2. The number of hydrogen-bond donors (Lipinski definition) is 1. The van der Waals surface area contributed by atoms with Crippen molar-refractivity contribution in [2.24, 2.45) is 0 Å². The van der Waals surface area contributed by atoms with Crippen molar-refractivity contribution in [3.05, 3.63) is 64.7 Å². The van der Waals surface area contributed by atoms with E-state index in [1.54, 1.807) is 18.2 Å².